The number of carbonyl (C=O) groups excluding carboxylic acids is 1. The first-order valence-electron chi connectivity index (χ1n) is 8.02. The molecule has 2 N–H and O–H groups in total. The topological polar surface area (TPSA) is 54.0 Å². The first-order valence-corrected chi connectivity index (χ1v) is 8.40. The summed E-state index contributed by atoms with van der Waals surface area (Å²) in [5.41, 5.74) is 3.83. The van der Waals surface area contributed by atoms with Crippen molar-refractivity contribution in [3.05, 3.63) is 88.5 Å². The molecule has 0 radical (unpaired) electrons. The summed E-state index contributed by atoms with van der Waals surface area (Å²) in [4.78, 5) is 16.4. The highest BCUT2D eigenvalue weighted by molar-refractivity contribution is 6.31. The second-order valence-electron chi connectivity index (χ2n) is 5.88. The van der Waals surface area contributed by atoms with Crippen molar-refractivity contribution in [2.75, 3.05) is 5.32 Å². The molecule has 1 heterocycles. The Hall–Kier alpha value is -2.92. The Morgan fingerprint density at radius 1 is 1.08 bits per heavy atom. The standard InChI is InChI=1S/C20H17ClFN3O/c1-13-2-4-14(5-3-13)10-24-20(26)15-8-17(12-23-11-15)25-16-6-7-19(22)18(21)9-16/h2-9,11-12,25H,10H2,1H3,(H,24,26). The van der Waals surface area contributed by atoms with Crippen LogP contribution in [0.1, 0.15) is 21.5 Å². The molecule has 4 nitrogen and oxygen atoms in total. The van der Waals surface area contributed by atoms with Gasteiger partial charge in [-0.15, -0.1) is 0 Å². The van der Waals surface area contributed by atoms with Gasteiger partial charge in [-0.3, -0.25) is 9.78 Å². The summed E-state index contributed by atoms with van der Waals surface area (Å²) in [6.45, 7) is 2.45. The van der Waals surface area contributed by atoms with Gasteiger partial charge in [-0.1, -0.05) is 41.4 Å². The Balaban J connectivity index is 1.66. The Bertz CT molecular complexity index is 929. The van der Waals surface area contributed by atoms with E-state index in [1.165, 1.54) is 23.9 Å². The molecule has 0 atom stereocenters. The van der Waals surface area contributed by atoms with E-state index in [0.717, 1.165) is 5.56 Å². The number of anilines is 2. The molecular formula is C20H17ClFN3O. The molecule has 0 aliphatic carbocycles. The van der Waals surface area contributed by atoms with Crippen molar-refractivity contribution in [3.8, 4) is 0 Å². The Morgan fingerprint density at radius 3 is 2.58 bits per heavy atom. The number of hydrogen-bond acceptors (Lipinski definition) is 3. The Kier molecular flexibility index (Phi) is 5.49. The fourth-order valence-electron chi connectivity index (χ4n) is 2.36. The van der Waals surface area contributed by atoms with E-state index in [0.29, 0.717) is 23.5 Å². The van der Waals surface area contributed by atoms with E-state index in [1.54, 1.807) is 18.3 Å². The first kappa shape index (κ1) is 17.9. The molecule has 1 amide bonds. The molecule has 26 heavy (non-hydrogen) atoms. The van der Waals surface area contributed by atoms with Gasteiger partial charge in [-0.2, -0.15) is 0 Å². The van der Waals surface area contributed by atoms with E-state index in [4.69, 9.17) is 11.6 Å². The lowest BCUT2D eigenvalue weighted by molar-refractivity contribution is 0.0950. The van der Waals surface area contributed by atoms with E-state index < -0.39 is 5.82 Å². The van der Waals surface area contributed by atoms with E-state index in [2.05, 4.69) is 15.6 Å². The number of pyridine rings is 1. The normalized spacial score (nSPS) is 10.4. The largest absolute Gasteiger partial charge is 0.354 e. The number of amides is 1. The van der Waals surface area contributed by atoms with Crippen LogP contribution in [-0.4, -0.2) is 10.9 Å². The van der Waals surface area contributed by atoms with Gasteiger partial charge in [-0.05, 0) is 36.8 Å². The molecule has 3 rings (SSSR count). The van der Waals surface area contributed by atoms with Crippen LogP contribution in [0.4, 0.5) is 15.8 Å². The quantitative estimate of drug-likeness (QED) is 0.675. The molecule has 0 fully saturated rings. The van der Waals surface area contributed by atoms with Gasteiger partial charge < -0.3 is 10.6 Å². The maximum Gasteiger partial charge on any atom is 0.253 e. The Labute approximate surface area is 156 Å². The zero-order valence-corrected chi connectivity index (χ0v) is 14.8. The number of aryl methyl sites for hydroxylation is 1. The molecule has 132 valence electrons. The Morgan fingerprint density at radius 2 is 1.85 bits per heavy atom. The number of hydrogen-bond donors (Lipinski definition) is 2. The molecule has 1 aromatic heterocycles. The number of nitrogens with zero attached hydrogens (tertiary/aromatic N) is 1. The summed E-state index contributed by atoms with van der Waals surface area (Å²) in [5.74, 6) is -0.710. The first-order chi connectivity index (χ1) is 12.5. The van der Waals surface area contributed by atoms with Gasteiger partial charge in [0.15, 0.2) is 0 Å². The monoisotopic (exact) mass is 369 g/mol. The van der Waals surface area contributed by atoms with Crippen LogP contribution in [0.2, 0.25) is 5.02 Å². The number of nitrogens with one attached hydrogen (secondary N) is 2. The van der Waals surface area contributed by atoms with Crippen LogP contribution in [0, 0.1) is 12.7 Å². The average molecular weight is 370 g/mol. The van der Waals surface area contributed by atoms with Crippen LogP contribution < -0.4 is 10.6 Å². The maximum absolute atomic E-state index is 13.2. The van der Waals surface area contributed by atoms with Gasteiger partial charge in [0.25, 0.3) is 5.91 Å². The molecule has 0 aliphatic rings. The third-order valence-electron chi connectivity index (χ3n) is 3.78. The van der Waals surface area contributed by atoms with Crippen LogP contribution in [0.5, 0.6) is 0 Å². The molecule has 0 saturated carbocycles. The zero-order chi connectivity index (χ0) is 18.5. The second-order valence-corrected chi connectivity index (χ2v) is 6.29. The van der Waals surface area contributed by atoms with Crippen LogP contribution in [0.25, 0.3) is 0 Å². The van der Waals surface area contributed by atoms with Crippen LogP contribution in [-0.2, 0) is 6.54 Å². The minimum absolute atomic E-state index is 0.0231. The number of halogens is 2. The maximum atomic E-state index is 13.2. The number of carbonyl (C=O) groups is 1. The lowest BCUT2D eigenvalue weighted by Crippen LogP contribution is -2.23. The highest BCUT2D eigenvalue weighted by Crippen LogP contribution is 2.22. The van der Waals surface area contributed by atoms with E-state index in [1.807, 2.05) is 31.2 Å². The number of rotatable bonds is 5. The van der Waals surface area contributed by atoms with Crippen molar-refractivity contribution < 1.29 is 9.18 Å². The van der Waals surface area contributed by atoms with Crippen molar-refractivity contribution in [3.63, 3.8) is 0 Å². The SMILES string of the molecule is Cc1ccc(CNC(=O)c2cncc(Nc3ccc(F)c(Cl)c3)c2)cc1. The minimum atomic E-state index is -0.487. The summed E-state index contributed by atoms with van der Waals surface area (Å²) in [6.07, 6.45) is 3.07. The molecule has 3 aromatic rings. The number of aromatic nitrogens is 1. The van der Waals surface area contributed by atoms with Crippen molar-refractivity contribution in [2.24, 2.45) is 0 Å². The van der Waals surface area contributed by atoms with Crippen LogP contribution in [0.15, 0.2) is 60.9 Å². The molecule has 0 spiro atoms. The third kappa shape index (κ3) is 4.58. The predicted octanol–water partition coefficient (Wildman–Crippen LogP) is 4.86. The molecule has 0 unspecified atom stereocenters. The zero-order valence-electron chi connectivity index (χ0n) is 14.1. The summed E-state index contributed by atoms with van der Waals surface area (Å²) in [5, 5.41) is 5.94. The van der Waals surface area contributed by atoms with Crippen molar-refractivity contribution >= 4 is 28.9 Å². The number of benzene rings is 2. The van der Waals surface area contributed by atoms with Crippen LogP contribution in [0.3, 0.4) is 0 Å². The van der Waals surface area contributed by atoms with Gasteiger partial charge >= 0.3 is 0 Å². The summed E-state index contributed by atoms with van der Waals surface area (Å²) in [7, 11) is 0. The van der Waals surface area contributed by atoms with Gasteiger partial charge in [0.05, 0.1) is 22.5 Å². The van der Waals surface area contributed by atoms with Gasteiger partial charge in [-0.25, -0.2) is 4.39 Å². The molecule has 0 saturated heterocycles. The van der Waals surface area contributed by atoms with Gasteiger partial charge in [0.1, 0.15) is 5.82 Å². The van der Waals surface area contributed by atoms with Crippen LogP contribution >= 0.6 is 11.6 Å². The molecule has 0 aliphatic heterocycles. The summed E-state index contributed by atoms with van der Waals surface area (Å²) >= 11 is 5.78. The minimum Gasteiger partial charge on any atom is -0.354 e. The average Bonchev–Trinajstić information content (AvgIpc) is 2.64. The van der Waals surface area contributed by atoms with Gasteiger partial charge in [0.2, 0.25) is 0 Å². The van der Waals surface area contributed by atoms with Crippen molar-refractivity contribution in [1.29, 1.82) is 0 Å². The lowest BCUT2D eigenvalue weighted by Gasteiger charge is -2.09. The van der Waals surface area contributed by atoms with E-state index in [9.17, 15) is 9.18 Å². The highest BCUT2D eigenvalue weighted by atomic mass is 35.5. The second kappa shape index (κ2) is 7.97. The smallest absolute Gasteiger partial charge is 0.253 e. The fourth-order valence-corrected chi connectivity index (χ4v) is 2.54. The summed E-state index contributed by atoms with van der Waals surface area (Å²) < 4.78 is 13.2. The third-order valence-corrected chi connectivity index (χ3v) is 4.07. The molecule has 0 bridgehead atoms. The highest BCUT2D eigenvalue weighted by Gasteiger charge is 2.08. The summed E-state index contributed by atoms with van der Waals surface area (Å²) in [6, 6.07) is 13.9. The van der Waals surface area contributed by atoms with Crippen molar-refractivity contribution in [1.82, 2.24) is 10.3 Å². The van der Waals surface area contributed by atoms with E-state index >= 15 is 0 Å². The molecule has 2 aromatic carbocycles. The van der Waals surface area contributed by atoms with Gasteiger partial charge in [0, 0.05) is 18.4 Å². The fraction of sp³-hybridized carbons (Fsp3) is 0.100. The molecule has 6 heteroatoms. The predicted molar refractivity (Wildman–Crippen MR) is 101 cm³/mol. The van der Waals surface area contributed by atoms with E-state index in [-0.39, 0.29) is 10.9 Å². The van der Waals surface area contributed by atoms with Crippen molar-refractivity contribution in [2.45, 2.75) is 13.5 Å². The lowest BCUT2D eigenvalue weighted by atomic mass is 10.1. The molecular weight excluding hydrogens is 353 g/mol.